The minimum Gasteiger partial charge on any atom is -0.512 e. The van der Waals surface area contributed by atoms with Crippen molar-refractivity contribution >= 4 is 24.4 Å². The minimum atomic E-state index is -0.698. The smallest absolute Gasteiger partial charge is 0.343 e. The first-order valence-corrected chi connectivity index (χ1v) is 11.6. The van der Waals surface area contributed by atoms with Gasteiger partial charge >= 0.3 is 11.9 Å². The fraction of sp³-hybridized carbons (Fsp3) is 0.286. The SMILES string of the molecule is CCOC(=O)/C(C=N[C@H](c1ccccc1)[C@H](N=C/C(C(=O)OCC)=C(/C)O)c1ccccc1)=C(\C)O. The van der Waals surface area contributed by atoms with E-state index in [2.05, 4.69) is 9.98 Å². The van der Waals surface area contributed by atoms with Crippen LogP contribution in [-0.4, -0.2) is 47.8 Å². The van der Waals surface area contributed by atoms with Gasteiger partial charge in [-0.1, -0.05) is 60.7 Å². The van der Waals surface area contributed by atoms with Gasteiger partial charge in [0.15, 0.2) is 0 Å². The number of benzene rings is 2. The van der Waals surface area contributed by atoms with Crippen LogP contribution in [0.3, 0.4) is 0 Å². The Hall–Kier alpha value is -4.20. The van der Waals surface area contributed by atoms with E-state index in [1.54, 1.807) is 13.8 Å². The van der Waals surface area contributed by atoms with Crippen LogP contribution < -0.4 is 0 Å². The molecule has 0 bridgehead atoms. The normalized spacial score (nSPS) is 14.7. The molecular weight excluding hydrogens is 460 g/mol. The molecule has 2 aromatic rings. The average molecular weight is 493 g/mol. The van der Waals surface area contributed by atoms with Gasteiger partial charge in [0, 0.05) is 12.4 Å². The number of allylic oxidation sites excluding steroid dienone is 2. The molecule has 0 aromatic heterocycles. The van der Waals surface area contributed by atoms with E-state index in [0.29, 0.717) is 0 Å². The summed E-state index contributed by atoms with van der Waals surface area (Å²) in [6.07, 6.45) is 2.55. The molecular formula is C28H32N2O6. The summed E-state index contributed by atoms with van der Waals surface area (Å²) < 4.78 is 10.1. The number of aliphatic imine (C=N–C) groups is 2. The summed E-state index contributed by atoms with van der Waals surface area (Å²) >= 11 is 0. The van der Waals surface area contributed by atoms with Crippen LogP contribution in [0.1, 0.15) is 50.9 Å². The van der Waals surface area contributed by atoms with E-state index in [-0.39, 0.29) is 35.9 Å². The molecule has 2 aromatic carbocycles. The van der Waals surface area contributed by atoms with Gasteiger partial charge in [0.05, 0.1) is 13.2 Å². The van der Waals surface area contributed by atoms with E-state index in [1.807, 2.05) is 60.7 Å². The van der Waals surface area contributed by atoms with Crippen molar-refractivity contribution in [2.75, 3.05) is 13.2 Å². The maximum absolute atomic E-state index is 12.4. The maximum atomic E-state index is 12.4. The third-order valence-corrected chi connectivity index (χ3v) is 5.08. The second kappa shape index (κ2) is 14.3. The lowest BCUT2D eigenvalue weighted by Gasteiger charge is -2.22. The molecule has 0 aliphatic rings. The predicted octanol–water partition coefficient (Wildman–Crippen LogP) is 5.40. The molecule has 0 fully saturated rings. The average Bonchev–Trinajstić information content (AvgIpc) is 2.86. The summed E-state index contributed by atoms with van der Waals surface area (Å²) in [6, 6.07) is 17.3. The van der Waals surface area contributed by atoms with E-state index >= 15 is 0 Å². The second-order valence-corrected chi connectivity index (χ2v) is 7.71. The highest BCUT2D eigenvalue weighted by atomic mass is 16.5. The molecule has 0 unspecified atom stereocenters. The lowest BCUT2D eigenvalue weighted by molar-refractivity contribution is -0.139. The molecule has 2 atom stereocenters. The second-order valence-electron chi connectivity index (χ2n) is 7.71. The van der Waals surface area contributed by atoms with Gasteiger partial charge in [-0.2, -0.15) is 0 Å². The molecule has 36 heavy (non-hydrogen) atoms. The summed E-state index contributed by atoms with van der Waals surface area (Å²) in [6.45, 7) is 6.39. The molecule has 0 saturated heterocycles. The molecule has 0 amide bonds. The number of aliphatic hydroxyl groups excluding tert-OH is 2. The number of rotatable bonds is 11. The maximum Gasteiger partial charge on any atom is 0.343 e. The van der Waals surface area contributed by atoms with Crippen LogP contribution in [0, 0.1) is 0 Å². The van der Waals surface area contributed by atoms with Crippen molar-refractivity contribution in [3.05, 3.63) is 94.5 Å². The molecule has 8 heteroatoms. The van der Waals surface area contributed by atoms with E-state index in [1.165, 1.54) is 26.3 Å². The van der Waals surface area contributed by atoms with Crippen molar-refractivity contribution in [1.29, 1.82) is 0 Å². The minimum absolute atomic E-state index is 0.0770. The highest BCUT2D eigenvalue weighted by Gasteiger charge is 2.25. The van der Waals surface area contributed by atoms with Crippen LogP contribution in [0.15, 0.2) is 93.3 Å². The van der Waals surface area contributed by atoms with Gasteiger partial charge in [-0.3, -0.25) is 9.98 Å². The summed E-state index contributed by atoms with van der Waals surface area (Å²) in [7, 11) is 0. The van der Waals surface area contributed by atoms with E-state index in [9.17, 15) is 19.8 Å². The Morgan fingerprint density at radius 3 is 1.33 bits per heavy atom. The fourth-order valence-corrected chi connectivity index (χ4v) is 3.32. The molecule has 0 radical (unpaired) electrons. The van der Waals surface area contributed by atoms with Crippen LogP contribution in [0.2, 0.25) is 0 Å². The van der Waals surface area contributed by atoms with Gasteiger partial charge in [0.2, 0.25) is 0 Å². The molecule has 0 spiro atoms. The zero-order valence-corrected chi connectivity index (χ0v) is 20.9. The Kier molecular flexibility index (Phi) is 11.1. The van der Waals surface area contributed by atoms with Gasteiger partial charge in [-0.25, -0.2) is 9.59 Å². The highest BCUT2D eigenvalue weighted by molar-refractivity contribution is 6.10. The van der Waals surface area contributed by atoms with Crippen molar-refractivity contribution in [2.45, 2.75) is 39.8 Å². The van der Waals surface area contributed by atoms with E-state index in [4.69, 9.17) is 9.47 Å². The van der Waals surface area contributed by atoms with Crippen molar-refractivity contribution in [1.82, 2.24) is 0 Å². The Morgan fingerprint density at radius 2 is 1.06 bits per heavy atom. The fourth-order valence-electron chi connectivity index (χ4n) is 3.32. The zero-order chi connectivity index (χ0) is 26.5. The number of esters is 2. The van der Waals surface area contributed by atoms with Gasteiger partial charge in [0.1, 0.15) is 34.7 Å². The largest absolute Gasteiger partial charge is 0.512 e. The molecule has 2 rings (SSSR count). The van der Waals surface area contributed by atoms with Crippen molar-refractivity contribution in [2.24, 2.45) is 9.98 Å². The van der Waals surface area contributed by atoms with Gasteiger partial charge < -0.3 is 19.7 Å². The molecule has 0 heterocycles. The first kappa shape index (κ1) is 28.0. The van der Waals surface area contributed by atoms with Gasteiger partial charge in [-0.15, -0.1) is 0 Å². The summed E-state index contributed by atoms with van der Waals surface area (Å²) in [5.41, 5.74) is 1.40. The van der Waals surface area contributed by atoms with E-state index < -0.39 is 24.0 Å². The monoisotopic (exact) mass is 492 g/mol. The summed E-state index contributed by atoms with van der Waals surface area (Å²) in [5, 5.41) is 20.1. The lowest BCUT2D eigenvalue weighted by Crippen LogP contribution is -2.15. The third kappa shape index (κ3) is 7.94. The van der Waals surface area contributed by atoms with Crippen LogP contribution in [0.5, 0.6) is 0 Å². The van der Waals surface area contributed by atoms with Crippen LogP contribution in [0.25, 0.3) is 0 Å². The first-order chi connectivity index (χ1) is 17.3. The highest BCUT2D eigenvalue weighted by Crippen LogP contribution is 2.35. The Balaban J connectivity index is 2.65. The summed E-state index contributed by atoms with van der Waals surface area (Å²) in [4.78, 5) is 34.0. The number of nitrogens with zero attached hydrogens (tertiary/aromatic N) is 2. The third-order valence-electron chi connectivity index (χ3n) is 5.08. The molecule has 190 valence electrons. The number of hydrogen-bond donors (Lipinski definition) is 2. The van der Waals surface area contributed by atoms with Crippen molar-refractivity contribution in [3.8, 4) is 0 Å². The number of carbonyl (C=O) groups excluding carboxylic acids is 2. The van der Waals surface area contributed by atoms with Gasteiger partial charge in [0.25, 0.3) is 0 Å². The van der Waals surface area contributed by atoms with Crippen LogP contribution >= 0.6 is 0 Å². The van der Waals surface area contributed by atoms with Gasteiger partial charge in [-0.05, 0) is 38.8 Å². The van der Waals surface area contributed by atoms with E-state index in [0.717, 1.165) is 11.1 Å². The molecule has 0 aliphatic heterocycles. The Labute approximate surface area is 211 Å². The molecule has 0 saturated carbocycles. The lowest BCUT2D eigenvalue weighted by atomic mass is 9.94. The Morgan fingerprint density at radius 1 is 0.722 bits per heavy atom. The number of aliphatic hydroxyl groups is 2. The summed E-state index contributed by atoms with van der Waals surface area (Å²) in [5.74, 6) is -1.85. The van der Waals surface area contributed by atoms with Crippen molar-refractivity contribution < 1.29 is 29.3 Å². The standard InChI is InChI=1S/C28H32N2O6/c1-5-35-27(33)23(19(3)31)17-29-25(21-13-9-7-10-14-21)26(22-15-11-8-12-16-22)30-18-24(20(4)32)28(34)36-6-2/h7-18,25-26,31-32H,5-6H2,1-4H3/b23-19+,24-20+,29-17?,30-18?/t25-,26-/m1/s1. The molecule has 8 nitrogen and oxygen atoms in total. The number of carbonyl (C=O) groups is 2. The number of hydrogen-bond acceptors (Lipinski definition) is 8. The number of ether oxygens (including phenoxy) is 2. The Bertz CT molecular complexity index is 1040. The molecule has 2 N–H and O–H groups in total. The van der Waals surface area contributed by atoms with Crippen LogP contribution in [-0.2, 0) is 19.1 Å². The molecule has 0 aliphatic carbocycles. The van der Waals surface area contributed by atoms with Crippen molar-refractivity contribution in [3.63, 3.8) is 0 Å². The topological polar surface area (TPSA) is 118 Å². The first-order valence-electron chi connectivity index (χ1n) is 11.6. The zero-order valence-electron chi connectivity index (χ0n) is 20.9. The van der Waals surface area contributed by atoms with Crippen LogP contribution in [0.4, 0.5) is 0 Å². The predicted molar refractivity (Wildman–Crippen MR) is 139 cm³/mol. The quantitative estimate of drug-likeness (QED) is 0.188.